The third-order valence-corrected chi connectivity index (χ3v) is 4.06. The lowest BCUT2D eigenvalue weighted by molar-refractivity contribution is -0.147. The fourth-order valence-corrected chi connectivity index (χ4v) is 3.45. The van der Waals surface area contributed by atoms with Crippen LogP contribution in [0.25, 0.3) is 0 Å². The fraction of sp³-hybridized carbons (Fsp3) is 1.00. The summed E-state index contributed by atoms with van der Waals surface area (Å²) in [5, 5.41) is 3.72. The molecular weight excluding hydrogens is 198 g/mol. The first-order valence-corrected chi connectivity index (χ1v) is 6.90. The van der Waals surface area contributed by atoms with E-state index in [1.807, 2.05) is 0 Å². The molecule has 2 fully saturated rings. The summed E-state index contributed by atoms with van der Waals surface area (Å²) in [6.45, 7) is 10.2. The molecule has 0 aromatic heterocycles. The van der Waals surface area contributed by atoms with Gasteiger partial charge in [0.15, 0.2) is 0 Å². The van der Waals surface area contributed by atoms with Crippen molar-refractivity contribution < 1.29 is 4.74 Å². The highest BCUT2D eigenvalue weighted by molar-refractivity contribution is 4.94. The van der Waals surface area contributed by atoms with Crippen molar-refractivity contribution in [3.63, 3.8) is 0 Å². The van der Waals surface area contributed by atoms with Crippen molar-refractivity contribution in [2.45, 2.75) is 71.1 Å². The Kier molecular flexibility index (Phi) is 3.60. The minimum Gasteiger partial charge on any atom is -0.369 e. The van der Waals surface area contributed by atoms with E-state index in [4.69, 9.17) is 4.74 Å². The summed E-state index contributed by atoms with van der Waals surface area (Å²) in [7, 11) is 0. The van der Waals surface area contributed by atoms with E-state index in [9.17, 15) is 0 Å². The van der Waals surface area contributed by atoms with E-state index >= 15 is 0 Å². The summed E-state index contributed by atoms with van der Waals surface area (Å²) in [6, 6.07) is 0.615. The highest BCUT2D eigenvalue weighted by Crippen LogP contribution is 2.34. The Balaban J connectivity index is 1.95. The summed E-state index contributed by atoms with van der Waals surface area (Å²) in [4.78, 5) is 0. The zero-order valence-electron chi connectivity index (χ0n) is 11.3. The number of nitrogens with one attached hydrogen (secondary N) is 1. The standard InChI is InChI=1S/C14H27NO/c1-10(2)8-14(4)9-15-12-7-11(3)5-6-13(12)16-14/h10-13,15H,5-9H2,1-4H3. The SMILES string of the molecule is CC(C)CC1(C)CNC2CC(C)CCC2O1. The van der Waals surface area contributed by atoms with Gasteiger partial charge in [0.1, 0.15) is 0 Å². The molecule has 4 unspecified atom stereocenters. The predicted octanol–water partition coefficient (Wildman–Crippen LogP) is 2.97. The van der Waals surface area contributed by atoms with Crippen LogP contribution in [0.15, 0.2) is 0 Å². The summed E-state index contributed by atoms with van der Waals surface area (Å²) >= 11 is 0. The average molecular weight is 225 g/mol. The van der Waals surface area contributed by atoms with Crippen LogP contribution in [0.1, 0.15) is 53.4 Å². The summed E-state index contributed by atoms with van der Waals surface area (Å²) < 4.78 is 6.37. The predicted molar refractivity (Wildman–Crippen MR) is 67.5 cm³/mol. The Bertz CT molecular complexity index is 241. The molecule has 0 aromatic rings. The average Bonchev–Trinajstić information content (AvgIpc) is 2.17. The summed E-state index contributed by atoms with van der Waals surface area (Å²) in [5.41, 5.74) is 0.0654. The molecule has 2 aliphatic rings. The molecule has 1 heterocycles. The van der Waals surface area contributed by atoms with Crippen LogP contribution in [0.4, 0.5) is 0 Å². The zero-order valence-corrected chi connectivity index (χ0v) is 11.3. The van der Waals surface area contributed by atoms with E-state index in [0.717, 1.165) is 12.5 Å². The van der Waals surface area contributed by atoms with Gasteiger partial charge < -0.3 is 10.1 Å². The Morgan fingerprint density at radius 1 is 1.38 bits per heavy atom. The molecule has 0 bridgehead atoms. The van der Waals surface area contributed by atoms with Crippen molar-refractivity contribution in [2.24, 2.45) is 11.8 Å². The zero-order chi connectivity index (χ0) is 11.8. The first kappa shape index (κ1) is 12.4. The maximum atomic E-state index is 6.37. The number of ether oxygens (including phenoxy) is 1. The van der Waals surface area contributed by atoms with E-state index in [1.165, 1.54) is 25.7 Å². The van der Waals surface area contributed by atoms with E-state index in [-0.39, 0.29) is 5.60 Å². The van der Waals surface area contributed by atoms with E-state index < -0.39 is 0 Å². The molecule has 2 rings (SSSR count). The molecule has 2 nitrogen and oxygen atoms in total. The molecule has 1 N–H and O–H groups in total. The lowest BCUT2D eigenvalue weighted by Crippen LogP contribution is -2.59. The van der Waals surface area contributed by atoms with Gasteiger partial charge in [0.25, 0.3) is 0 Å². The third-order valence-electron chi connectivity index (χ3n) is 4.06. The van der Waals surface area contributed by atoms with Crippen molar-refractivity contribution in [3.8, 4) is 0 Å². The molecule has 0 amide bonds. The van der Waals surface area contributed by atoms with Gasteiger partial charge in [-0.2, -0.15) is 0 Å². The van der Waals surface area contributed by atoms with Crippen LogP contribution in [0, 0.1) is 11.8 Å². The molecule has 1 saturated heterocycles. The largest absolute Gasteiger partial charge is 0.369 e. The molecule has 1 saturated carbocycles. The second-order valence-electron chi connectivity index (χ2n) is 6.61. The molecular formula is C14H27NO. The van der Waals surface area contributed by atoms with Crippen LogP contribution in [0.2, 0.25) is 0 Å². The summed E-state index contributed by atoms with van der Waals surface area (Å²) in [6.07, 6.45) is 5.50. The van der Waals surface area contributed by atoms with Crippen molar-refractivity contribution in [1.82, 2.24) is 5.32 Å². The maximum absolute atomic E-state index is 6.37. The van der Waals surface area contributed by atoms with Gasteiger partial charge in [-0.1, -0.05) is 20.8 Å². The Labute approximate surface area is 100 Å². The van der Waals surface area contributed by atoms with Crippen LogP contribution in [0.5, 0.6) is 0 Å². The molecule has 1 aliphatic heterocycles. The Morgan fingerprint density at radius 3 is 2.81 bits per heavy atom. The molecule has 0 radical (unpaired) electrons. The second kappa shape index (κ2) is 4.66. The van der Waals surface area contributed by atoms with Crippen LogP contribution < -0.4 is 5.32 Å². The minimum atomic E-state index is 0.0654. The normalized spacial score (nSPS) is 44.4. The van der Waals surface area contributed by atoms with Gasteiger partial charge in [0, 0.05) is 12.6 Å². The van der Waals surface area contributed by atoms with Crippen molar-refractivity contribution in [1.29, 1.82) is 0 Å². The van der Waals surface area contributed by atoms with E-state index in [2.05, 4.69) is 33.0 Å². The quantitative estimate of drug-likeness (QED) is 0.780. The molecule has 16 heavy (non-hydrogen) atoms. The molecule has 0 aromatic carbocycles. The van der Waals surface area contributed by atoms with Gasteiger partial charge in [-0.25, -0.2) is 0 Å². The van der Waals surface area contributed by atoms with Gasteiger partial charge >= 0.3 is 0 Å². The molecule has 1 aliphatic carbocycles. The van der Waals surface area contributed by atoms with Crippen LogP contribution in [-0.2, 0) is 4.74 Å². The van der Waals surface area contributed by atoms with Gasteiger partial charge in [0.05, 0.1) is 11.7 Å². The van der Waals surface area contributed by atoms with Crippen molar-refractivity contribution >= 4 is 0 Å². The van der Waals surface area contributed by atoms with E-state index in [0.29, 0.717) is 18.1 Å². The van der Waals surface area contributed by atoms with Crippen molar-refractivity contribution in [3.05, 3.63) is 0 Å². The topological polar surface area (TPSA) is 21.3 Å². The van der Waals surface area contributed by atoms with Gasteiger partial charge in [0.2, 0.25) is 0 Å². The second-order valence-corrected chi connectivity index (χ2v) is 6.61. The third kappa shape index (κ3) is 2.78. The van der Waals surface area contributed by atoms with Gasteiger partial charge in [-0.3, -0.25) is 0 Å². The van der Waals surface area contributed by atoms with Crippen LogP contribution in [0.3, 0.4) is 0 Å². The first-order chi connectivity index (χ1) is 7.48. The fourth-order valence-electron chi connectivity index (χ4n) is 3.45. The van der Waals surface area contributed by atoms with Crippen LogP contribution >= 0.6 is 0 Å². The molecule has 0 spiro atoms. The lowest BCUT2D eigenvalue weighted by atomic mass is 9.81. The highest BCUT2D eigenvalue weighted by Gasteiger charge is 2.40. The molecule has 94 valence electrons. The maximum Gasteiger partial charge on any atom is 0.0785 e. The highest BCUT2D eigenvalue weighted by atomic mass is 16.5. The summed E-state index contributed by atoms with van der Waals surface area (Å²) in [5.74, 6) is 1.58. The minimum absolute atomic E-state index is 0.0654. The van der Waals surface area contributed by atoms with Crippen molar-refractivity contribution in [2.75, 3.05) is 6.54 Å². The number of hydrogen-bond acceptors (Lipinski definition) is 2. The number of morpholine rings is 1. The number of hydrogen-bond donors (Lipinski definition) is 1. The lowest BCUT2D eigenvalue weighted by Gasteiger charge is -2.47. The Morgan fingerprint density at radius 2 is 2.12 bits per heavy atom. The smallest absolute Gasteiger partial charge is 0.0785 e. The number of fused-ring (bicyclic) bond motifs is 1. The molecule has 2 heteroatoms. The van der Waals surface area contributed by atoms with Gasteiger partial charge in [-0.15, -0.1) is 0 Å². The van der Waals surface area contributed by atoms with E-state index in [1.54, 1.807) is 0 Å². The van der Waals surface area contributed by atoms with Gasteiger partial charge in [-0.05, 0) is 44.4 Å². The van der Waals surface area contributed by atoms with Crippen LogP contribution in [-0.4, -0.2) is 24.3 Å². The number of rotatable bonds is 2. The molecule has 4 atom stereocenters. The Hall–Kier alpha value is -0.0800. The first-order valence-electron chi connectivity index (χ1n) is 6.90. The monoisotopic (exact) mass is 225 g/mol.